The summed E-state index contributed by atoms with van der Waals surface area (Å²) < 4.78 is 10.8. The van der Waals surface area contributed by atoms with Crippen molar-refractivity contribution in [3.63, 3.8) is 0 Å². The third kappa shape index (κ3) is 4.63. The Morgan fingerprint density at radius 3 is 2.74 bits per heavy atom. The van der Waals surface area contributed by atoms with Crippen molar-refractivity contribution >= 4 is 5.97 Å². The summed E-state index contributed by atoms with van der Waals surface area (Å²) in [5.41, 5.74) is -0.516. The number of hydrogen-bond acceptors (Lipinski definition) is 5. The van der Waals surface area contributed by atoms with Gasteiger partial charge in [-0.25, -0.2) is 0 Å². The zero-order valence-electron chi connectivity index (χ0n) is 11.8. The van der Waals surface area contributed by atoms with Gasteiger partial charge >= 0.3 is 5.97 Å². The minimum atomic E-state index is -0.777. The molecule has 1 aromatic rings. The quantitative estimate of drug-likeness (QED) is 0.694. The lowest BCUT2D eigenvalue weighted by atomic mass is 10.0. The van der Waals surface area contributed by atoms with Gasteiger partial charge in [0, 0.05) is 19.4 Å². The Hall–Kier alpha value is -1.43. The van der Waals surface area contributed by atoms with Gasteiger partial charge in [0.2, 0.25) is 11.7 Å². The van der Waals surface area contributed by atoms with E-state index in [-0.39, 0.29) is 6.42 Å². The number of nitrogens with zero attached hydrogens (tertiary/aromatic N) is 2. The van der Waals surface area contributed by atoms with E-state index in [4.69, 9.17) is 14.4 Å². The highest BCUT2D eigenvalue weighted by molar-refractivity contribution is 5.66. The van der Waals surface area contributed by atoms with Crippen LogP contribution >= 0.6 is 0 Å². The molecule has 0 aromatic carbocycles. The van der Waals surface area contributed by atoms with Crippen molar-refractivity contribution in [2.45, 2.75) is 58.5 Å². The van der Waals surface area contributed by atoms with Crippen LogP contribution in [0, 0.1) is 0 Å². The number of aryl methyl sites for hydroxylation is 1. The SMILES string of the molecule is CCOC(C)(CC)c1noc(CCCCC(=O)O)n1. The molecule has 0 fully saturated rings. The minimum absolute atomic E-state index is 0.173. The van der Waals surface area contributed by atoms with E-state index in [1.54, 1.807) is 0 Å². The lowest BCUT2D eigenvalue weighted by molar-refractivity contribution is -0.137. The van der Waals surface area contributed by atoms with Gasteiger partial charge in [0.25, 0.3) is 0 Å². The topological polar surface area (TPSA) is 85.5 Å². The fraction of sp³-hybridized carbons (Fsp3) is 0.769. The number of hydrogen-bond donors (Lipinski definition) is 1. The zero-order chi connectivity index (χ0) is 14.3. The molecule has 0 saturated heterocycles. The maximum atomic E-state index is 10.4. The van der Waals surface area contributed by atoms with Crippen molar-refractivity contribution in [3.05, 3.63) is 11.7 Å². The van der Waals surface area contributed by atoms with Gasteiger partial charge in [0.1, 0.15) is 5.60 Å². The molecule has 1 aromatic heterocycles. The first-order valence-corrected chi connectivity index (χ1v) is 6.70. The molecule has 0 aliphatic carbocycles. The second-order valence-electron chi connectivity index (χ2n) is 4.63. The van der Waals surface area contributed by atoms with Crippen LogP contribution < -0.4 is 0 Å². The van der Waals surface area contributed by atoms with Crippen LogP contribution in [0.15, 0.2) is 4.52 Å². The minimum Gasteiger partial charge on any atom is -0.481 e. The molecule has 19 heavy (non-hydrogen) atoms. The number of unbranched alkanes of at least 4 members (excludes halogenated alkanes) is 1. The van der Waals surface area contributed by atoms with Crippen LogP contribution in [0.1, 0.15) is 58.2 Å². The molecular weight excluding hydrogens is 248 g/mol. The van der Waals surface area contributed by atoms with Crippen LogP contribution in [0.25, 0.3) is 0 Å². The highest BCUT2D eigenvalue weighted by atomic mass is 16.5. The molecule has 6 heteroatoms. The van der Waals surface area contributed by atoms with Gasteiger partial charge in [0.05, 0.1) is 0 Å². The van der Waals surface area contributed by atoms with Gasteiger partial charge in [-0.1, -0.05) is 12.1 Å². The Morgan fingerprint density at radius 1 is 1.42 bits per heavy atom. The van der Waals surface area contributed by atoms with Gasteiger partial charge in [-0.3, -0.25) is 4.79 Å². The highest BCUT2D eigenvalue weighted by Gasteiger charge is 2.30. The van der Waals surface area contributed by atoms with Crippen molar-refractivity contribution in [1.29, 1.82) is 0 Å². The summed E-state index contributed by atoms with van der Waals surface area (Å²) in [6, 6.07) is 0. The monoisotopic (exact) mass is 270 g/mol. The number of ether oxygens (including phenoxy) is 1. The molecule has 1 heterocycles. The van der Waals surface area contributed by atoms with Gasteiger partial charge in [-0.05, 0) is 33.1 Å². The van der Waals surface area contributed by atoms with Crippen LogP contribution in [0.4, 0.5) is 0 Å². The smallest absolute Gasteiger partial charge is 0.303 e. The van der Waals surface area contributed by atoms with Crippen LogP contribution in [0.2, 0.25) is 0 Å². The fourth-order valence-electron chi connectivity index (χ4n) is 1.77. The molecule has 0 radical (unpaired) electrons. The number of aliphatic carboxylic acids is 1. The summed E-state index contributed by atoms with van der Waals surface area (Å²) in [4.78, 5) is 14.7. The number of rotatable bonds is 9. The van der Waals surface area contributed by atoms with Crippen molar-refractivity contribution in [2.75, 3.05) is 6.61 Å². The Kier molecular flexibility index (Phi) is 5.95. The maximum Gasteiger partial charge on any atom is 0.303 e. The standard InChI is InChI=1S/C13H22N2O4/c1-4-13(3,18-5-2)12-14-10(19-15-12)8-6-7-9-11(16)17/h4-9H2,1-3H3,(H,16,17). The molecule has 108 valence electrons. The van der Waals surface area contributed by atoms with Crippen LogP contribution in [0.5, 0.6) is 0 Å². The van der Waals surface area contributed by atoms with E-state index in [0.29, 0.717) is 31.2 Å². The van der Waals surface area contributed by atoms with Gasteiger partial charge < -0.3 is 14.4 Å². The molecule has 6 nitrogen and oxygen atoms in total. The Balaban J connectivity index is 2.53. The first kappa shape index (κ1) is 15.6. The molecule has 0 spiro atoms. The molecule has 0 amide bonds. The van der Waals surface area contributed by atoms with E-state index in [1.807, 2.05) is 20.8 Å². The predicted molar refractivity (Wildman–Crippen MR) is 68.8 cm³/mol. The average Bonchev–Trinajstić information content (AvgIpc) is 2.84. The summed E-state index contributed by atoms with van der Waals surface area (Å²) in [7, 11) is 0. The van der Waals surface area contributed by atoms with Crippen molar-refractivity contribution in [1.82, 2.24) is 10.1 Å². The van der Waals surface area contributed by atoms with E-state index >= 15 is 0 Å². The van der Waals surface area contributed by atoms with Crippen molar-refractivity contribution in [3.8, 4) is 0 Å². The van der Waals surface area contributed by atoms with Crippen molar-refractivity contribution < 1.29 is 19.2 Å². The second kappa shape index (κ2) is 7.23. The number of carbonyl (C=O) groups is 1. The molecule has 0 aliphatic rings. The van der Waals surface area contributed by atoms with E-state index in [9.17, 15) is 4.79 Å². The Morgan fingerprint density at radius 2 is 2.16 bits per heavy atom. The Bertz CT molecular complexity index is 405. The maximum absolute atomic E-state index is 10.4. The first-order valence-electron chi connectivity index (χ1n) is 6.70. The van der Waals surface area contributed by atoms with E-state index in [1.165, 1.54) is 0 Å². The summed E-state index contributed by atoms with van der Waals surface area (Å²) in [6.45, 7) is 6.47. The summed E-state index contributed by atoms with van der Waals surface area (Å²) in [5.74, 6) is 0.325. The molecule has 0 bridgehead atoms. The first-order chi connectivity index (χ1) is 9.01. The number of carboxylic acids is 1. The van der Waals surface area contributed by atoms with Crippen LogP contribution in [0.3, 0.4) is 0 Å². The normalized spacial score (nSPS) is 14.3. The molecule has 0 aliphatic heterocycles. The lowest BCUT2D eigenvalue weighted by Crippen LogP contribution is -2.26. The van der Waals surface area contributed by atoms with E-state index in [0.717, 1.165) is 12.8 Å². The zero-order valence-corrected chi connectivity index (χ0v) is 11.8. The summed E-state index contributed by atoms with van der Waals surface area (Å²) in [6.07, 6.45) is 2.88. The van der Waals surface area contributed by atoms with Gasteiger partial charge in [0.15, 0.2) is 0 Å². The fourth-order valence-corrected chi connectivity index (χ4v) is 1.77. The average molecular weight is 270 g/mol. The molecule has 1 N–H and O–H groups in total. The van der Waals surface area contributed by atoms with Crippen molar-refractivity contribution in [2.24, 2.45) is 0 Å². The molecule has 1 atom stereocenters. The molecular formula is C13H22N2O4. The van der Waals surface area contributed by atoms with Gasteiger partial charge in [-0.15, -0.1) is 0 Å². The predicted octanol–water partition coefficient (Wildman–Crippen LogP) is 2.53. The Labute approximate surface area is 113 Å². The highest BCUT2D eigenvalue weighted by Crippen LogP contribution is 2.26. The van der Waals surface area contributed by atoms with E-state index < -0.39 is 11.6 Å². The third-order valence-electron chi connectivity index (χ3n) is 3.11. The summed E-state index contributed by atoms with van der Waals surface area (Å²) >= 11 is 0. The van der Waals surface area contributed by atoms with Crippen LogP contribution in [-0.2, 0) is 21.6 Å². The van der Waals surface area contributed by atoms with Gasteiger partial charge in [-0.2, -0.15) is 4.98 Å². The lowest BCUT2D eigenvalue weighted by Gasteiger charge is -2.23. The number of carboxylic acid groups (broad SMARTS) is 1. The van der Waals surface area contributed by atoms with E-state index in [2.05, 4.69) is 10.1 Å². The molecule has 1 rings (SSSR count). The largest absolute Gasteiger partial charge is 0.481 e. The summed E-state index contributed by atoms with van der Waals surface area (Å²) in [5, 5.41) is 12.5. The molecule has 1 unspecified atom stereocenters. The third-order valence-corrected chi connectivity index (χ3v) is 3.11. The second-order valence-corrected chi connectivity index (χ2v) is 4.63. The van der Waals surface area contributed by atoms with Crippen LogP contribution in [-0.4, -0.2) is 27.8 Å². The molecule has 0 saturated carbocycles. The number of aromatic nitrogens is 2.